The predicted molar refractivity (Wildman–Crippen MR) is 73.3 cm³/mol. The van der Waals surface area contributed by atoms with Crippen LogP contribution in [0, 0.1) is 0 Å². The second-order valence-electron chi connectivity index (χ2n) is 5.17. The molecule has 3 nitrogen and oxygen atoms in total. The third-order valence-electron chi connectivity index (χ3n) is 3.65. The van der Waals surface area contributed by atoms with Crippen LogP contribution in [0.2, 0.25) is 0 Å². The number of unbranched alkanes of at least 4 members (excludes halogenated alkanes) is 3. The topological polar surface area (TPSA) is 35.5 Å². The minimum absolute atomic E-state index is 0.352. The number of hydrogen-bond acceptors (Lipinski definition) is 3. The van der Waals surface area contributed by atoms with Gasteiger partial charge in [-0.1, -0.05) is 19.8 Å². The predicted octanol–water partition coefficient (Wildman–Crippen LogP) is 2.00. The first-order chi connectivity index (χ1) is 8.38. The fraction of sp³-hybridized carbons (Fsp3) is 1.00. The van der Waals surface area contributed by atoms with E-state index >= 15 is 0 Å². The second kappa shape index (κ2) is 9.86. The Hall–Kier alpha value is -0.120. The van der Waals surface area contributed by atoms with Crippen molar-refractivity contribution in [1.82, 2.24) is 10.2 Å². The Bertz CT molecular complexity index is 170. The Morgan fingerprint density at radius 1 is 1.18 bits per heavy atom. The molecule has 0 amide bonds. The molecule has 3 heteroatoms. The number of rotatable bonds is 9. The van der Waals surface area contributed by atoms with Gasteiger partial charge in [-0.3, -0.25) is 4.90 Å². The number of hydrogen-bond donors (Lipinski definition) is 2. The highest BCUT2D eigenvalue weighted by Gasteiger charge is 2.19. The molecular weight excluding hydrogens is 212 g/mol. The summed E-state index contributed by atoms with van der Waals surface area (Å²) in [5.41, 5.74) is 0. The average molecular weight is 242 g/mol. The van der Waals surface area contributed by atoms with Crippen LogP contribution < -0.4 is 5.32 Å². The quantitative estimate of drug-likeness (QED) is 0.607. The van der Waals surface area contributed by atoms with Gasteiger partial charge in [0.15, 0.2) is 0 Å². The van der Waals surface area contributed by atoms with Crippen molar-refractivity contribution < 1.29 is 5.11 Å². The summed E-state index contributed by atoms with van der Waals surface area (Å²) in [4.78, 5) is 2.67. The molecule has 0 aromatic heterocycles. The Labute approximate surface area is 107 Å². The van der Waals surface area contributed by atoms with Gasteiger partial charge < -0.3 is 10.4 Å². The monoisotopic (exact) mass is 242 g/mol. The minimum atomic E-state index is 0.352. The largest absolute Gasteiger partial charge is 0.396 e. The molecule has 1 unspecified atom stereocenters. The van der Waals surface area contributed by atoms with E-state index in [1.807, 2.05) is 0 Å². The Kier molecular flexibility index (Phi) is 8.67. The van der Waals surface area contributed by atoms with Crippen molar-refractivity contribution in [3.8, 4) is 0 Å². The zero-order valence-corrected chi connectivity index (χ0v) is 11.5. The summed E-state index contributed by atoms with van der Waals surface area (Å²) in [7, 11) is 0. The molecule has 0 saturated carbocycles. The van der Waals surface area contributed by atoms with E-state index in [0.29, 0.717) is 6.61 Å². The van der Waals surface area contributed by atoms with Crippen molar-refractivity contribution >= 4 is 0 Å². The van der Waals surface area contributed by atoms with Gasteiger partial charge in [-0.2, -0.15) is 0 Å². The summed E-state index contributed by atoms with van der Waals surface area (Å²) in [6.07, 6.45) is 8.65. The van der Waals surface area contributed by atoms with Gasteiger partial charge in [-0.05, 0) is 51.7 Å². The van der Waals surface area contributed by atoms with E-state index in [0.717, 1.165) is 12.5 Å². The average Bonchev–Trinajstić information content (AvgIpc) is 2.38. The highest BCUT2D eigenvalue weighted by molar-refractivity contribution is 4.78. The van der Waals surface area contributed by atoms with E-state index in [1.54, 1.807) is 0 Å². The molecule has 1 aliphatic rings. The molecule has 1 aliphatic heterocycles. The summed E-state index contributed by atoms with van der Waals surface area (Å²) in [6, 6.07) is 0.765. The van der Waals surface area contributed by atoms with E-state index in [-0.39, 0.29) is 0 Å². The van der Waals surface area contributed by atoms with Gasteiger partial charge >= 0.3 is 0 Å². The van der Waals surface area contributed by atoms with Crippen LogP contribution in [0.5, 0.6) is 0 Å². The minimum Gasteiger partial charge on any atom is -0.396 e. The third kappa shape index (κ3) is 6.39. The number of aliphatic hydroxyl groups excluding tert-OH is 1. The van der Waals surface area contributed by atoms with Crippen LogP contribution in [-0.4, -0.2) is 48.8 Å². The van der Waals surface area contributed by atoms with Crippen LogP contribution in [0.25, 0.3) is 0 Å². The molecular formula is C14H30N2O. The van der Waals surface area contributed by atoms with E-state index in [9.17, 15) is 0 Å². The lowest BCUT2D eigenvalue weighted by atomic mass is 10.0. The van der Waals surface area contributed by atoms with Gasteiger partial charge in [0.05, 0.1) is 0 Å². The van der Waals surface area contributed by atoms with Crippen molar-refractivity contribution in [2.75, 3.05) is 32.8 Å². The maximum absolute atomic E-state index is 8.74. The maximum atomic E-state index is 8.74. The summed E-state index contributed by atoms with van der Waals surface area (Å²) >= 11 is 0. The molecule has 2 N–H and O–H groups in total. The van der Waals surface area contributed by atoms with Gasteiger partial charge in [0.1, 0.15) is 0 Å². The zero-order valence-electron chi connectivity index (χ0n) is 11.5. The molecule has 0 radical (unpaired) electrons. The maximum Gasteiger partial charge on any atom is 0.0431 e. The first-order valence-electron chi connectivity index (χ1n) is 7.44. The number of piperidine rings is 1. The summed E-state index contributed by atoms with van der Waals surface area (Å²) in [6.45, 7) is 7.49. The Morgan fingerprint density at radius 2 is 2.00 bits per heavy atom. The van der Waals surface area contributed by atoms with Gasteiger partial charge in [0.25, 0.3) is 0 Å². The van der Waals surface area contributed by atoms with Crippen LogP contribution in [0.3, 0.4) is 0 Å². The molecule has 0 aromatic rings. The lowest BCUT2D eigenvalue weighted by Gasteiger charge is -2.34. The first kappa shape index (κ1) is 14.9. The second-order valence-corrected chi connectivity index (χ2v) is 5.17. The number of aliphatic hydroxyl groups is 1. The molecule has 0 spiro atoms. The Morgan fingerprint density at radius 3 is 2.65 bits per heavy atom. The van der Waals surface area contributed by atoms with Gasteiger partial charge in [-0.15, -0.1) is 0 Å². The lowest BCUT2D eigenvalue weighted by Crippen LogP contribution is -2.46. The van der Waals surface area contributed by atoms with Crippen LogP contribution in [0.1, 0.15) is 51.9 Å². The number of nitrogens with zero attached hydrogens (tertiary/aromatic N) is 1. The molecule has 102 valence electrons. The van der Waals surface area contributed by atoms with Crippen LogP contribution in [-0.2, 0) is 0 Å². The first-order valence-corrected chi connectivity index (χ1v) is 7.44. The van der Waals surface area contributed by atoms with E-state index in [1.165, 1.54) is 64.7 Å². The molecule has 17 heavy (non-hydrogen) atoms. The summed E-state index contributed by atoms with van der Waals surface area (Å²) < 4.78 is 0. The van der Waals surface area contributed by atoms with Crippen LogP contribution in [0.15, 0.2) is 0 Å². The highest BCUT2D eigenvalue weighted by Crippen LogP contribution is 2.12. The normalized spacial score (nSPS) is 21.0. The van der Waals surface area contributed by atoms with E-state index in [4.69, 9.17) is 5.11 Å². The van der Waals surface area contributed by atoms with E-state index in [2.05, 4.69) is 17.1 Å². The summed E-state index contributed by atoms with van der Waals surface area (Å²) in [5, 5.41) is 12.3. The smallest absolute Gasteiger partial charge is 0.0431 e. The van der Waals surface area contributed by atoms with Crippen molar-refractivity contribution in [3.63, 3.8) is 0 Å². The highest BCUT2D eigenvalue weighted by atomic mass is 16.2. The standard InChI is InChI=1S/C14H30N2O/c1-2-10-16(11-5-3-4-6-12-17)14-8-7-9-15-13-14/h14-15,17H,2-13H2,1H3. The van der Waals surface area contributed by atoms with Crippen molar-refractivity contribution in [2.45, 2.75) is 57.9 Å². The molecule has 0 aromatic carbocycles. The zero-order chi connectivity index (χ0) is 12.3. The molecule has 1 heterocycles. The van der Waals surface area contributed by atoms with Gasteiger partial charge in [0, 0.05) is 19.2 Å². The molecule has 1 rings (SSSR count). The van der Waals surface area contributed by atoms with Crippen molar-refractivity contribution in [2.24, 2.45) is 0 Å². The van der Waals surface area contributed by atoms with Gasteiger partial charge in [-0.25, -0.2) is 0 Å². The van der Waals surface area contributed by atoms with Crippen LogP contribution >= 0.6 is 0 Å². The molecule has 1 saturated heterocycles. The van der Waals surface area contributed by atoms with Gasteiger partial charge in [0.2, 0.25) is 0 Å². The fourth-order valence-corrected chi connectivity index (χ4v) is 2.69. The van der Waals surface area contributed by atoms with Crippen LogP contribution in [0.4, 0.5) is 0 Å². The van der Waals surface area contributed by atoms with Crippen molar-refractivity contribution in [1.29, 1.82) is 0 Å². The van der Waals surface area contributed by atoms with Crippen molar-refractivity contribution in [3.05, 3.63) is 0 Å². The third-order valence-corrected chi connectivity index (χ3v) is 3.65. The molecule has 0 aliphatic carbocycles. The summed E-state index contributed by atoms with van der Waals surface area (Å²) in [5.74, 6) is 0. The molecule has 1 fully saturated rings. The number of nitrogens with one attached hydrogen (secondary N) is 1. The molecule has 1 atom stereocenters. The Balaban J connectivity index is 2.17. The fourth-order valence-electron chi connectivity index (χ4n) is 2.69. The lowest BCUT2D eigenvalue weighted by molar-refractivity contribution is 0.162. The molecule has 0 bridgehead atoms. The van der Waals surface area contributed by atoms with E-state index < -0.39 is 0 Å². The SMILES string of the molecule is CCCN(CCCCCCO)C1CCCNC1.